The van der Waals surface area contributed by atoms with Crippen molar-refractivity contribution in [3.05, 3.63) is 66.8 Å². The van der Waals surface area contributed by atoms with Gasteiger partial charge >= 0.3 is 6.18 Å². The third-order valence-electron chi connectivity index (χ3n) is 7.18. The molecule has 1 unspecified atom stereocenters. The number of thiazole rings is 1. The number of nitrogens with zero attached hydrogens (tertiary/aromatic N) is 5. The molecule has 0 bridgehead atoms. The average molecular weight is 615 g/mol. The second-order valence-corrected chi connectivity index (χ2v) is 11.4. The molecular weight excluding hydrogens is 592 g/mol. The Labute approximate surface area is 240 Å². The highest BCUT2D eigenvalue weighted by Crippen LogP contribution is 2.38. The molecule has 212 valence electrons. The highest BCUT2D eigenvalue weighted by Gasteiger charge is 2.44. The van der Waals surface area contributed by atoms with E-state index >= 15 is 0 Å². The maximum Gasteiger partial charge on any atom is 0.434 e. The molecule has 0 saturated carbocycles. The first-order valence-corrected chi connectivity index (χ1v) is 13.9. The van der Waals surface area contributed by atoms with E-state index in [0.29, 0.717) is 28.3 Å². The SMILES string of the molecule is CNC(=O)[C@@H]1CN(C(C)c2nc(C(F)(F)F)cs2)C(=O)c2c3c(nn21)C[C@@H](C)N(C(=O)c1ccc(Cl)c(Cl)c1)C3. The number of rotatable bonds is 4. The largest absolute Gasteiger partial charge is 0.434 e. The molecule has 3 amide bonds. The van der Waals surface area contributed by atoms with Crippen LogP contribution in [0.15, 0.2) is 23.6 Å². The van der Waals surface area contributed by atoms with Crippen molar-refractivity contribution in [2.45, 2.75) is 51.1 Å². The first kappa shape index (κ1) is 28.4. The minimum Gasteiger partial charge on any atom is -0.357 e. The van der Waals surface area contributed by atoms with Crippen LogP contribution in [0.5, 0.6) is 0 Å². The number of hydrogen-bond donors (Lipinski definition) is 1. The molecule has 0 spiro atoms. The van der Waals surface area contributed by atoms with Gasteiger partial charge in [-0.2, -0.15) is 18.3 Å². The van der Waals surface area contributed by atoms with E-state index in [4.69, 9.17) is 23.2 Å². The van der Waals surface area contributed by atoms with Crippen LogP contribution in [-0.2, 0) is 23.9 Å². The molecule has 3 atom stereocenters. The first-order chi connectivity index (χ1) is 18.8. The molecule has 2 aliphatic heterocycles. The second kappa shape index (κ2) is 10.3. The van der Waals surface area contributed by atoms with Crippen LogP contribution in [0.2, 0.25) is 10.0 Å². The fourth-order valence-corrected chi connectivity index (χ4v) is 6.19. The molecule has 0 aliphatic carbocycles. The molecule has 5 rings (SSSR count). The van der Waals surface area contributed by atoms with Crippen molar-refractivity contribution in [2.24, 2.45) is 0 Å². The lowest BCUT2D eigenvalue weighted by Gasteiger charge is -2.37. The van der Waals surface area contributed by atoms with Gasteiger partial charge in [0.15, 0.2) is 5.69 Å². The summed E-state index contributed by atoms with van der Waals surface area (Å²) >= 11 is 12.9. The van der Waals surface area contributed by atoms with Crippen LogP contribution in [0, 0.1) is 0 Å². The summed E-state index contributed by atoms with van der Waals surface area (Å²) in [6.07, 6.45) is -4.29. The Hall–Kier alpha value is -3.16. The zero-order chi connectivity index (χ0) is 29.1. The van der Waals surface area contributed by atoms with Gasteiger partial charge in [0.05, 0.1) is 34.9 Å². The van der Waals surface area contributed by atoms with E-state index in [2.05, 4.69) is 15.4 Å². The minimum absolute atomic E-state index is 0.0365. The summed E-state index contributed by atoms with van der Waals surface area (Å²) in [6.45, 7) is 3.34. The number of fused-ring (bicyclic) bond motifs is 3. The third kappa shape index (κ3) is 4.83. The van der Waals surface area contributed by atoms with Crippen LogP contribution in [0.4, 0.5) is 13.2 Å². The molecule has 0 fully saturated rings. The Kier molecular flexibility index (Phi) is 7.34. The number of benzene rings is 1. The van der Waals surface area contributed by atoms with Crippen LogP contribution in [0.3, 0.4) is 0 Å². The Morgan fingerprint density at radius 1 is 1.23 bits per heavy atom. The lowest BCUT2D eigenvalue weighted by molar-refractivity contribution is -0.140. The summed E-state index contributed by atoms with van der Waals surface area (Å²) in [5, 5.41) is 8.70. The molecule has 2 aromatic heterocycles. The van der Waals surface area contributed by atoms with Crippen molar-refractivity contribution in [1.82, 2.24) is 29.9 Å². The molecule has 4 heterocycles. The van der Waals surface area contributed by atoms with E-state index in [1.54, 1.807) is 17.9 Å². The van der Waals surface area contributed by atoms with E-state index in [0.717, 1.165) is 16.7 Å². The number of carbonyl (C=O) groups is 3. The van der Waals surface area contributed by atoms with Crippen LogP contribution in [-0.4, -0.2) is 61.9 Å². The minimum atomic E-state index is -4.62. The van der Waals surface area contributed by atoms with Gasteiger partial charge in [0.1, 0.15) is 16.7 Å². The Bertz CT molecular complexity index is 1520. The van der Waals surface area contributed by atoms with E-state index < -0.39 is 35.8 Å². The standard InChI is InChI=1S/C25H23Cl2F3N6O3S/c1-11-6-17-14(8-34(11)23(38)13-4-5-15(26)16(27)7-13)20-24(39)35(9-18(21(37)31-3)36(20)33-17)12(2)22-32-19(10-40-22)25(28,29)30/h4-5,7,10-12,18H,6,8-9H2,1-3H3,(H,31,37)/t11-,12?,18+/m1/s1. The topological polar surface area (TPSA) is 100 Å². The smallest absolute Gasteiger partial charge is 0.357 e. The van der Waals surface area contributed by atoms with E-state index in [1.165, 1.54) is 28.8 Å². The number of nitrogens with one attached hydrogen (secondary N) is 1. The van der Waals surface area contributed by atoms with Gasteiger partial charge in [0.2, 0.25) is 5.91 Å². The van der Waals surface area contributed by atoms with Gasteiger partial charge in [-0.15, -0.1) is 11.3 Å². The van der Waals surface area contributed by atoms with Gasteiger partial charge in [-0.3, -0.25) is 14.4 Å². The fourth-order valence-electron chi connectivity index (χ4n) is 5.00. The Balaban J connectivity index is 1.53. The Morgan fingerprint density at radius 2 is 1.95 bits per heavy atom. The number of alkyl halides is 3. The van der Waals surface area contributed by atoms with Crippen molar-refractivity contribution in [1.29, 1.82) is 0 Å². The fraction of sp³-hybridized carbons (Fsp3) is 0.400. The number of halogens is 5. The molecule has 40 heavy (non-hydrogen) atoms. The number of hydrogen-bond acceptors (Lipinski definition) is 6. The van der Waals surface area contributed by atoms with Gasteiger partial charge in [-0.1, -0.05) is 23.2 Å². The van der Waals surface area contributed by atoms with Gasteiger partial charge < -0.3 is 15.1 Å². The van der Waals surface area contributed by atoms with Crippen molar-refractivity contribution < 1.29 is 27.6 Å². The summed E-state index contributed by atoms with van der Waals surface area (Å²) in [5.74, 6) is -1.25. The molecule has 0 saturated heterocycles. The van der Waals surface area contributed by atoms with Gasteiger partial charge in [-0.25, -0.2) is 9.67 Å². The lowest BCUT2D eigenvalue weighted by atomic mass is 9.97. The normalized spacial score (nSPS) is 19.8. The Morgan fingerprint density at radius 3 is 2.58 bits per heavy atom. The molecule has 1 N–H and O–H groups in total. The predicted molar refractivity (Wildman–Crippen MR) is 141 cm³/mol. The van der Waals surface area contributed by atoms with E-state index in [9.17, 15) is 27.6 Å². The maximum atomic E-state index is 13.9. The number of likely N-dealkylation sites (N-methyl/N-ethyl adjacent to an activating group) is 1. The summed E-state index contributed by atoms with van der Waals surface area (Å²) < 4.78 is 40.9. The first-order valence-electron chi connectivity index (χ1n) is 12.2. The molecule has 1 aromatic carbocycles. The molecule has 0 radical (unpaired) electrons. The van der Waals surface area contributed by atoms with Crippen molar-refractivity contribution >= 4 is 52.3 Å². The van der Waals surface area contributed by atoms with Gasteiger partial charge in [-0.05, 0) is 32.0 Å². The van der Waals surface area contributed by atoms with Gasteiger partial charge in [0, 0.05) is 36.0 Å². The summed E-state index contributed by atoms with van der Waals surface area (Å²) in [5.41, 5.74) is 0.455. The van der Waals surface area contributed by atoms with E-state index in [1.807, 2.05) is 6.92 Å². The molecular formula is C25H23Cl2F3N6O3S. The highest BCUT2D eigenvalue weighted by molar-refractivity contribution is 7.09. The molecule has 9 nitrogen and oxygen atoms in total. The molecule has 3 aromatic rings. The number of carbonyl (C=O) groups excluding carboxylic acids is 3. The average Bonchev–Trinajstić information content (AvgIpc) is 3.54. The van der Waals surface area contributed by atoms with Crippen LogP contribution >= 0.6 is 34.5 Å². The number of amides is 3. The van der Waals surface area contributed by atoms with Crippen molar-refractivity contribution in [3.63, 3.8) is 0 Å². The quantitative estimate of drug-likeness (QED) is 0.457. The summed E-state index contributed by atoms with van der Waals surface area (Å²) in [7, 11) is 1.45. The summed E-state index contributed by atoms with van der Waals surface area (Å²) in [4.78, 5) is 46.9. The zero-order valence-corrected chi connectivity index (χ0v) is 23.8. The van der Waals surface area contributed by atoms with Crippen molar-refractivity contribution in [2.75, 3.05) is 13.6 Å². The summed E-state index contributed by atoms with van der Waals surface area (Å²) in [6, 6.07) is 2.50. The lowest BCUT2D eigenvalue weighted by Crippen LogP contribution is -2.49. The third-order valence-corrected chi connectivity index (χ3v) is 8.94. The molecule has 2 aliphatic rings. The van der Waals surface area contributed by atoms with Gasteiger partial charge in [0.25, 0.3) is 11.8 Å². The maximum absolute atomic E-state index is 13.9. The highest BCUT2D eigenvalue weighted by atomic mass is 35.5. The van der Waals surface area contributed by atoms with Crippen LogP contribution in [0.1, 0.15) is 68.7 Å². The van der Waals surface area contributed by atoms with Crippen LogP contribution in [0.25, 0.3) is 0 Å². The predicted octanol–water partition coefficient (Wildman–Crippen LogP) is 4.76. The second-order valence-electron chi connectivity index (χ2n) is 9.67. The van der Waals surface area contributed by atoms with Crippen molar-refractivity contribution in [3.8, 4) is 0 Å². The number of aromatic nitrogens is 3. The molecule has 15 heteroatoms. The zero-order valence-electron chi connectivity index (χ0n) is 21.4. The van der Waals surface area contributed by atoms with E-state index in [-0.39, 0.29) is 40.8 Å². The monoisotopic (exact) mass is 614 g/mol. The van der Waals surface area contributed by atoms with Crippen LogP contribution < -0.4 is 5.32 Å².